The van der Waals surface area contributed by atoms with Crippen LogP contribution in [0.4, 0.5) is 10.1 Å². The number of hydrogen-bond donors (Lipinski definition) is 1. The Morgan fingerprint density at radius 3 is 2.51 bits per heavy atom. The summed E-state index contributed by atoms with van der Waals surface area (Å²) in [6.45, 7) is 4.00. The highest BCUT2D eigenvalue weighted by atomic mass is 79.9. The summed E-state index contributed by atoms with van der Waals surface area (Å²) in [6.07, 6.45) is 1.54. The maximum atomic E-state index is 14.9. The van der Waals surface area contributed by atoms with Gasteiger partial charge < -0.3 is 24.1 Å². The van der Waals surface area contributed by atoms with Crippen LogP contribution in [0.25, 0.3) is 11.0 Å². The van der Waals surface area contributed by atoms with Crippen molar-refractivity contribution >= 4 is 32.7 Å². The monoisotopic (exact) mass is 542 g/mol. The van der Waals surface area contributed by atoms with Gasteiger partial charge in [0.25, 0.3) is 5.88 Å². The summed E-state index contributed by atoms with van der Waals surface area (Å²) in [5.74, 6) is 0.457. The second kappa shape index (κ2) is 9.91. The molecule has 0 saturated heterocycles. The fraction of sp³-hybridized carbons (Fsp3) is 0.240. The van der Waals surface area contributed by atoms with Gasteiger partial charge in [0.2, 0.25) is 5.43 Å². The van der Waals surface area contributed by atoms with Crippen molar-refractivity contribution in [3.63, 3.8) is 0 Å². The summed E-state index contributed by atoms with van der Waals surface area (Å²) in [5.41, 5.74) is 3.63. The van der Waals surface area contributed by atoms with Crippen LogP contribution in [-0.4, -0.2) is 28.8 Å². The van der Waals surface area contributed by atoms with Crippen molar-refractivity contribution in [1.82, 2.24) is 14.5 Å². The molecule has 0 amide bonds. The number of halogens is 2. The summed E-state index contributed by atoms with van der Waals surface area (Å²) >= 11 is 3.37. The molecule has 0 radical (unpaired) electrons. The summed E-state index contributed by atoms with van der Waals surface area (Å²) in [4.78, 5) is 21.4. The van der Waals surface area contributed by atoms with E-state index in [1.807, 2.05) is 25.5 Å². The van der Waals surface area contributed by atoms with Crippen molar-refractivity contribution < 1.29 is 18.6 Å². The lowest BCUT2D eigenvalue weighted by atomic mass is 10.1. The van der Waals surface area contributed by atoms with E-state index in [4.69, 9.17) is 14.2 Å². The minimum Gasteiger partial charge on any atom is -0.491 e. The van der Waals surface area contributed by atoms with Gasteiger partial charge in [0.15, 0.2) is 23.1 Å². The van der Waals surface area contributed by atoms with Crippen LogP contribution < -0.4 is 25.0 Å². The number of pyridine rings is 3. The summed E-state index contributed by atoms with van der Waals surface area (Å²) in [7, 11) is 4.88. The average Bonchev–Trinajstić information content (AvgIpc) is 2.87. The van der Waals surface area contributed by atoms with Crippen LogP contribution in [0.15, 0.2) is 45.8 Å². The van der Waals surface area contributed by atoms with Crippen LogP contribution in [0.1, 0.15) is 17.0 Å². The molecule has 0 saturated carbocycles. The Balaban J connectivity index is 1.58. The Labute approximate surface area is 209 Å². The zero-order chi connectivity index (χ0) is 25.3. The summed E-state index contributed by atoms with van der Waals surface area (Å²) in [5, 5.41) is 3.12. The molecular weight excluding hydrogens is 519 g/mol. The van der Waals surface area contributed by atoms with Gasteiger partial charge in [0, 0.05) is 60.6 Å². The fourth-order valence-electron chi connectivity index (χ4n) is 3.66. The standard InChI is InChI=1S/C25H24BrFN4O4/c1-13-16(24(32)22(26)14(2)31(13)3)12-29-15-6-7-19(17(27)10-15)35-20-8-9-28-18-11-21(33-4)25(34-5)30-23(18)20/h6-11,29H,12H2,1-5H3. The Bertz CT molecular complexity index is 1490. The van der Waals surface area contributed by atoms with Gasteiger partial charge in [-0.15, -0.1) is 0 Å². The van der Waals surface area contributed by atoms with Crippen LogP contribution in [0, 0.1) is 19.7 Å². The van der Waals surface area contributed by atoms with Gasteiger partial charge in [-0.1, -0.05) is 0 Å². The molecule has 0 aliphatic rings. The van der Waals surface area contributed by atoms with Gasteiger partial charge >= 0.3 is 0 Å². The Kier molecular flexibility index (Phi) is 6.93. The van der Waals surface area contributed by atoms with E-state index >= 15 is 0 Å². The molecular formula is C25H24BrFN4O4. The molecule has 0 unspecified atom stereocenters. The molecule has 0 spiro atoms. The van der Waals surface area contributed by atoms with Crippen molar-refractivity contribution in [3.8, 4) is 23.1 Å². The highest BCUT2D eigenvalue weighted by Gasteiger charge is 2.16. The lowest BCUT2D eigenvalue weighted by molar-refractivity contribution is 0.344. The average molecular weight is 543 g/mol. The molecule has 182 valence electrons. The minimum absolute atomic E-state index is 0.0183. The van der Waals surface area contributed by atoms with Gasteiger partial charge in [0.1, 0.15) is 5.52 Å². The van der Waals surface area contributed by atoms with Gasteiger partial charge in [-0.2, -0.15) is 0 Å². The second-order valence-electron chi connectivity index (χ2n) is 7.83. The fourth-order valence-corrected chi connectivity index (χ4v) is 4.17. The van der Waals surface area contributed by atoms with E-state index in [0.29, 0.717) is 38.3 Å². The highest BCUT2D eigenvalue weighted by molar-refractivity contribution is 9.10. The van der Waals surface area contributed by atoms with E-state index in [1.54, 1.807) is 24.4 Å². The molecule has 8 nitrogen and oxygen atoms in total. The number of aromatic nitrogens is 3. The number of ether oxygens (including phenoxy) is 3. The van der Waals surface area contributed by atoms with Crippen molar-refractivity contribution in [3.05, 3.63) is 74.0 Å². The van der Waals surface area contributed by atoms with Crippen LogP contribution in [0.3, 0.4) is 0 Å². The first-order chi connectivity index (χ1) is 16.7. The van der Waals surface area contributed by atoms with Crippen LogP contribution in [-0.2, 0) is 13.6 Å². The van der Waals surface area contributed by atoms with Crippen LogP contribution in [0.2, 0.25) is 0 Å². The molecule has 0 aliphatic carbocycles. The molecule has 35 heavy (non-hydrogen) atoms. The third-order valence-corrected chi connectivity index (χ3v) is 6.81. The van der Waals surface area contributed by atoms with Gasteiger partial charge in [-0.25, -0.2) is 9.37 Å². The van der Waals surface area contributed by atoms with Gasteiger partial charge in [-0.3, -0.25) is 9.78 Å². The molecule has 4 aromatic rings. The number of benzene rings is 1. The molecule has 0 atom stereocenters. The lowest BCUT2D eigenvalue weighted by Gasteiger charge is -2.16. The molecule has 3 heterocycles. The predicted molar refractivity (Wildman–Crippen MR) is 135 cm³/mol. The van der Waals surface area contributed by atoms with E-state index in [2.05, 4.69) is 31.2 Å². The van der Waals surface area contributed by atoms with Crippen LogP contribution in [0.5, 0.6) is 23.1 Å². The Morgan fingerprint density at radius 2 is 1.83 bits per heavy atom. The topological polar surface area (TPSA) is 87.5 Å². The number of nitrogens with one attached hydrogen (secondary N) is 1. The van der Waals surface area contributed by atoms with E-state index in [9.17, 15) is 9.18 Å². The van der Waals surface area contributed by atoms with E-state index in [-0.39, 0.29) is 23.6 Å². The first kappa shape index (κ1) is 24.5. The number of rotatable bonds is 7. The number of anilines is 1. The summed E-state index contributed by atoms with van der Waals surface area (Å²) < 4.78 is 33.8. The maximum absolute atomic E-state index is 14.9. The molecule has 0 fully saturated rings. The third kappa shape index (κ3) is 4.66. The van der Waals surface area contributed by atoms with Gasteiger partial charge in [0.05, 0.1) is 24.2 Å². The number of methoxy groups -OCH3 is 2. The van der Waals surface area contributed by atoms with Crippen molar-refractivity contribution in [2.45, 2.75) is 20.4 Å². The number of fused-ring (bicyclic) bond motifs is 1. The molecule has 10 heteroatoms. The van der Waals surface area contributed by atoms with Crippen molar-refractivity contribution in [2.24, 2.45) is 7.05 Å². The normalized spacial score (nSPS) is 10.9. The first-order valence-corrected chi connectivity index (χ1v) is 11.5. The van der Waals surface area contributed by atoms with Gasteiger partial charge in [-0.05, 0) is 41.9 Å². The zero-order valence-electron chi connectivity index (χ0n) is 19.9. The molecule has 3 aromatic heterocycles. The summed E-state index contributed by atoms with van der Waals surface area (Å²) in [6, 6.07) is 7.79. The minimum atomic E-state index is -0.574. The molecule has 1 aromatic carbocycles. The quantitative estimate of drug-likeness (QED) is 0.340. The maximum Gasteiger partial charge on any atom is 0.257 e. The molecule has 0 aliphatic heterocycles. The lowest BCUT2D eigenvalue weighted by Crippen LogP contribution is -2.22. The smallest absolute Gasteiger partial charge is 0.257 e. The van der Waals surface area contributed by atoms with E-state index in [1.165, 1.54) is 26.4 Å². The second-order valence-corrected chi connectivity index (χ2v) is 8.62. The highest BCUT2D eigenvalue weighted by Crippen LogP contribution is 2.35. The largest absolute Gasteiger partial charge is 0.491 e. The SMILES string of the molecule is COc1cc2nccc(Oc3ccc(NCc4c(C)n(C)c(C)c(Br)c4=O)cc3F)c2nc1OC. The number of hydrogen-bond acceptors (Lipinski definition) is 7. The van der Waals surface area contributed by atoms with Crippen LogP contribution >= 0.6 is 15.9 Å². The molecule has 0 bridgehead atoms. The third-order valence-electron chi connectivity index (χ3n) is 5.88. The zero-order valence-corrected chi connectivity index (χ0v) is 21.5. The molecule has 1 N–H and O–H groups in total. The van der Waals surface area contributed by atoms with Crippen molar-refractivity contribution in [2.75, 3.05) is 19.5 Å². The molecule has 4 rings (SSSR count). The number of nitrogens with zero attached hydrogens (tertiary/aromatic N) is 3. The van der Waals surface area contributed by atoms with Crippen molar-refractivity contribution in [1.29, 1.82) is 0 Å². The Morgan fingerprint density at radius 1 is 1.06 bits per heavy atom. The predicted octanol–water partition coefficient (Wildman–Crippen LogP) is 5.27. The first-order valence-electron chi connectivity index (χ1n) is 10.7. The van der Waals surface area contributed by atoms with E-state index in [0.717, 1.165) is 11.4 Å². The van der Waals surface area contributed by atoms with E-state index < -0.39 is 5.82 Å². The Hall–Kier alpha value is -3.66.